The molecule has 1 rings (SSSR count). The maximum Gasteiger partial charge on any atom is 0.0888 e. The summed E-state index contributed by atoms with van der Waals surface area (Å²) in [7, 11) is 0. The van der Waals surface area contributed by atoms with E-state index in [1.54, 1.807) is 11.3 Å². The van der Waals surface area contributed by atoms with Crippen molar-refractivity contribution in [1.82, 2.24) is 0 Å². The van der Waals surface area contributed by atoms with E-state index in [0.717, 1.165) is 6.61 Å². The smallest absolute Gasteiger partial charge is 0.0888 e. The largest absolute Gasteiger partial charge is 0.373 e. The molecule has 0 bridgehead atoms. The second kappa shape index (κ2) is 3.74. The molecule has 0 fully saturated rings. The predicted octanol–water partition coefficient (Wildman–Crippen LogP) is 2.85. The molecule has 1 nitrogen and oxygen atoms in total. The van der Waals surface area contributed by atoms with Gasteiger partial charge in [-0.25, -0.2) is 0 Å². The Kier molecular flexibility index (Phi) is 2.90. The Morgan fingerprint density at radius 3 is 3.00 bits per heavy atom. The van der Waals surface area contributed by atoms with Crippen LogP contribution in [0.4, 0.5) is 0 Å². The zero-order valence-electron chi connectivity index (χ0n) is 6.33. The van der Waals surface area contributed by atoms with E-state index in [1.165, 1.54) is 4.88 Å². The molecule has 0 amide bonds. The van der Waals surface area contributed by atoms with Gasteiger partial charge in [-0.2, -0.15) is 0 Å². The average Bonchev–Trinajstić information content (AvgIpc) is 2.38. The van der Waals surface area contributed by atoms with Crippen molar-refractivity contribution in [3.63, 3.8) is 0 Å². The highest BCUT2D eigenvalue weighted by molar-refractivity contribution is 7.10. The molecule has 1 aromatic rings. The van der Waals surface area contributed by atoms with E-state index < -0.39 is 0 Å². The molecule has 0 radical (unpaired) electrons. The lowest BCUT2D eigenvalue weighted by molar-refractivity contribution is 0.0789. The predicted molar refractivity (Wildman–Crippen MR) is 44.4 cm³/mol. The van der Waals surface area contributed by atoms with Gasteiger partial charge in [-0.1, -0.05) is 6.07 Å². The molecule has 0 saturated carbocycles. The maximum absolute atomic E-state index is 5.40. The summed E-state index contributed by atoms with van der Waals surface area (Å²) in [4.78, 5) is 1.31. The molecular weight excluding hydrogens is 144 g/mol. The molecule has 0 spiro atoms. The van der Waals surface area contributed by atoms with E-state index in [2.05, 4.69) is 24.4 Å². The van der Waals surface area contributed by atoms with Crippen LogP contribution in [-0.4, -0.2) is 6.61 Å². The molecule has 0 aromatic carbocycles. The van der Waals surface area contributed by atoms with Gasteiger partial charge in [-0.3, -0.25) is 0 Å². The van der Waals surface area contributed by atoms with Gasteiger partial charge in [0, 0.05) is 11.5 Å². The molecule has 1 atom stereocenters. The van der Waals surface area contributed by atoms with E-state index in [4.69, 9.17) is 4.74 Å². The van der Waals surface area contributed by atoms with Crippen LogP contribution in [0.2, 0.25) is 0 Å². The fourth-order valence-corrected chi connectivity index (χ4v) is 1.59. The molecule has 56 valence electrons. The molecule has 10 heavy (non-hydrogen) atoms. The molecule has 2 heteroatoms. The van der Waals surface area contributed by atoms with Gasteiger partial charge in [0.05, 0.1) is 6.10 Å². The minimum Gasteiger partial charge on any atom is -0.373 e. The lowest BCUT2D eigenvalue weighted by Gasteiger charge is -2.07. The van der Waals surface area contributed by atoms with Gasteiger partial charge in [0.1, 0.15) is 0 Å². The Balaban J connectivity index is 2.50. The van der Waals surface area contributed by atoms with Gasteiger partial charge >= 0.3 is 0 Å². The van der Waals surface area contributed by atoms with Crippen molar-refractivity contribution in [2.75, 3.05) is 6.61 Å². The SMILES string of the molecule is CCOC(C)c1cccs1. The van der Waals surface area contributed by atoms with Crippen molar-refractivity contribution in [3.05, 3.63) is 22.4 Å². The first-order valence-electron chi connectivity index (χ1n) is 3.49. The fraction of sp³-hybridized carbons (Fsp3) is 0.500. The highest BCUT2D eigenvalue weighted by atomic mass is 32.1. The molecule has 0 saturated heterocycles. The molecule has 0 N–H and O–H groups in total. The number of rotatable bonds is 3. The summed E-state index contributed by atoms with van der Waals surface area (Å²) in [5, 5.41) is 2.07. The first-order chi connectivity index (χ1) is 4.84. The topological polar surface area (TPSA) is 9.23 Å². The summed E-state index contributed by atoms with van der Waals surface area (Å²) in [5.74, 6) is 0. The van der Waals surface area contributed by atoms with Crippen molar-refractivity contribution in [2.45, 2.75) is 20.0 Å². The third-order valence-corrected chi connectivity index (χ3v) is 2.39. The monoisotopic (exact) mass is 156 g/mol. The van der Waals surface area contributed by atoms with Gasteiger partial charge in [0.15, 0.2) is 0 Å². The van der Waals surface area contributed by atoms with Crippen molar-refractivity contribution in [3.8, 4) is 0 Å². The van der Waals surface area contributed by atoms with Gasteiger partial charge in [0.2, 0.25) is 0 Å². The quantitative estimate of drug-likeness (QED) is 0.654. The standard InChI is InChI=1S/C8H12OS/c1-3-9-7(2)8-5-4-6-10-8/h4-7H,3H2,1-2H3. The average molecular weight is 156 g/mol. The highest BCUT2D eigenvalue weighted by Gasteiger charge is 2.03. The van der Waals surface area contributed by atoms with E-state index in [0.29, 0.717) is 0 Å². The third kappa shape index (κ3) is 1.82. The molecule has 0 aliphatic rings. The maximum atomic E-state index is 5.40. The van der Waals surface area contributed by atoms with Crippen molar-refractivity contribution in [2.24, 2.45) is 0 Å². The molecular formula is C8H12OS. The van der Waals surface area contributed by atoms with Gasteiger partial charge in [0.25, 0.3) is 0 Å². The van der Waals surface area contributed by atoms with Gasteiger partial charge < -0.3 is 4.74 Å². The van der Waals surface area contributed by atoms with Gasteiger partial charge in [-0.05, 0) is 25.3 Å². The number of hydrogen-bond donors (Lipinski definition) is 0. The summed E-state index contributed by atoms with van der Waals surface area (Å²) in [6.07, 6.45) is 0.269. The highest BCUT2D eigenvalue weighted by Crippen LogP contribution is 2.20. The molecule has 0 aliphatic carbocycles. The van der Waals surface area contributed by atoms with E-state index >= 15 is 0 Å². The zero-order valence-corrected chi connectivity index (χ0v) is 7.15. The number of ether oxygens (including phenoxy) is 1. The summed E-state index contributed by atoms with van der Waals surface area (Å²) in [5.41, 5.74) is 0. The van der Waals surface area contributed by atoms with E-state index in [9.17, 15) is 0 Å². The number of thiophene rings is 1. The van der Waals surface area contributed by atoms with Crippen LogP contribution in [0, 0.1) is 0 Å². The van der Waals surface area contributed by atoms with Crippen LogP contribution < -0.4 is 0 Å². The lowest BCUT2D eigenvalue weighted by atomic mass is 10.3. The Morgan fingerprint density at radius 2 is 2.50 bits per heavy atom. The third-order valence-electron chi connectivity index (χ3n) is 1.36. The number of hydrogen-bond acceptors (Lipinski definition) is 2. The normalized spacial score (nSPS) is 13.4. The Hall–Kier alpha value is -0.340. The Bertz CT molecular complexity index is 169. The summed E-state index contributed by atoms with van der Waals surface area (Å²) >= 11 is 1.75. The van der Waals surface area contributed by atoms with Crippen molar-refractivity contribution in [1.29, 1.82) is 0 Å². The molecule has 0 aliphatic heterocycles. The van der Waals surface area contributed by atoms with Crippen LogP contribution in [0.25, 0.3) is 0 Å². The van der Waals surface area contributed by atoms with E-state index in [-0.39, 0.29) is 6.10 Å². The first-order valence-corrected chi connectivity index (χ1v) is 4.37. The van der Waals surface area contributed by atoms with Gasteiger partial charge in [-0.15, -0.1) is 11.3 Å². The first kappa shape index (κ1) is 7.76. The van der Waals surface area contributed by atoms with Crippen LogP contribution in [-0.2, 0) is 4.74 Å². The van der Waals surface area contributed by atoms with Crippen LogP contribution in [0.1, 0.15) is 24.8 Å². The van der Waals surface area contributed by atoms with Crippen LogP contribution in [0.3, 0.4) is 0 Å². The minimum atomic E-state index is 0.269. The summed E-state index contributed by atoms with van der Waals surface area (Å²) in [6, 6.07) is 4.15. The Labute approximate surface area is 65.6 Å². The fourth-order valence-electron chi connectivity index (χ4n) is 0.855. The van der Waals surface area contributed by atoms with Crippen LogP contribution >= 0.6 is 11.3 Å². The van der Waals surface area contributed by atoms with Crippen molar-refractivity contribution < 1.29 is 4.74 Å². The minimum absolute atomic E-state index is 0.269. The van der Waals surface area contributed by atoms with Crippen molar-refractivity contribution >= 4 is 11.3 Å². The van der Waals surface area contributed by atoms with Crippen LogP contribution in [0.5, 0.6) is 0 Å². The second-order valence-electron chi connectivity index (χ2n) is 2.11. The molecule has 1 heterocycles. The summed E-state index contributed by atoms with van der Waals surface area (Å²) in [6.45, 7) is 4.89. The Morgan fingerprint density at radius 1 is 1.70 bits per heavy atom. The second-order valence-corrected chi connectivity index (χ2v) is 3.09. The van der Waals surface area contributed by atoms with Crippen LogP contribution in [0.15, 0.2) is 17.5 Å². The molecule has 1 aromatic heterocycles. The zero-order chi connectivity index (χ0) is 7.40. The lowest BCUT2D eigenvalue weighted by Crippen LogP contribution is -1.95. The molecule has 1 unspecified atom stereocenters. The van der Waals surface area contributed by atoms with E-state index in [1.807, 2.05) is 6.92 Å². The summed E-state index contributed by atoms with van der Waals surface area (Å²) < 4.78 is 5.40.